The molecule has 1 saturated carbocycles. The third-order valence-corrected chi connectivity index (χ3v) is 8.19. The first kappa shape index (κ1) is 19.8. The van der Waals surface area contributed by atoms with E-state index in [0.29, 0.717) is 17.4 Å². The summed E-state index contributed by atoms with van der Waals surface area (Å²) < 4.78 is 0. The predicted molar refractivity (Wildman–Crippen MR) is 114 cm³/mol. The fourth-order valence-corrected chi connectivity index (χ4v) is 6.56. The normalized spacial score (nSPS) is 27.2. The SMILES string of the molecule is CC1CCN(C(=O)C2CSC(C3CCCCC3)N2C(=O)c2ccccc2)CC1. The number of rotatable bonds is 3. The second-order valence-corrected chi connectivity index (χ2v) is 9.87. The zero-order valence-corrected chi connectivity index (χ0v) is 17.7. The van der Waals surface area contributed by atoms with Crippen LogP contribution in [0.4, 0.5) is 0 Å². The van der Waals surface area contributed by atoms with E-state index >= 15 is 0 Å². The van der Waals surface area contributed by atoms with E-state index in [2.05, 4.69) is 6.92 Å². The highest BCUT2D eigenvalue weighted by Gasteiger charge is 2.46. The molecule has 1 aromatic rings. The van der Waals surface area contributed by atoms with Gasteiger partial charge in [0.1, 0.15) is 6.04 Å². The quantitative estimate of drug-likeness (QED) is 0.755. The molecule has 0 radical (unpaired) electrons. The van der Waals surface area contributed by atoms with Crippen molar-refractivity contribution < 1.29 is 9.59 Å². The molecule has 28 heavy (non-hydrogen) atoms. The topological polar surface area (TPSA) is 40.6 Å². The minimum atomic E-state index is -0.307. The Morgan fingerprint density at radius 2 is 1.64 bits per heavy atom. The number of benzene rings is 1. The molecule has 0 bridgehead atoms. The van der Waals surface area contributed by atoms with Crippen LogP contribution in [0.1, 0.15) is 62.2 Å². The molecule has 5 heteroatoms. The third kappa shape index (κ3) is 4.10. The Morgan fingerprint density at radius 3 is 2.32 bits per heavy atom. The monoisotopic (exact) mass is 400 g/mol. The lowest BCUT2D eigenvalue weighted by molar-refractivity contribution is -0.136. The summed E-state index contributed by atoms with van der Waals surface area (Å²) in [5, 5.41) is 0.144. The highest BCUT2D eigenvalue weighted by atomic mass is 32.2. The van der Waals surface area contributed by atoms with Crippen LogP contribution in [-0.2, 0) is 4.79 Å². The van der Waals surface area contributed by atoms with Crippen molar-refractivity contribution in [1.82, 2.24) is 9.80 Å². The molecule has 2 unspecified atom stereocenters. The Bertz CT molecular complexity index is 681. The van der Waals surface area contributed by atoms with Gasteiger partial charge in [-0.3, -0.25) is 9.59 Å². The number of hydrogen-bond donors (Lipinski definition) is 0. The molecule has 0 N–H and O–H groups in total. The molecular formula is C23H32N2O2S. The summed E-state index contributed by atoms with van der Waals surface area (Å²) in [6, 6.07) is 9.22. The van der Waals surface area contributed by atoms with Crippen LogP contribution in [0.3, 0.4) is 0 Å². The van der Waals surface area contributed by atoms with Gasteiger partial charge < -0.3 is 9.80 Å². The van der Waals surface area contributed by atoms with Crippen molar-refractivity contribution in [2.75, 3.05) is 18.8 Å². The summed E-state index contributed by atoms with van der Waals surface area (Å²) in [6.07, 6.45) is 8.30. The van der Waals surface area contributed by atoms with Gasteiger partial charge in [-0.05, 0) is 49.7 Å². The maximum Gasteiger partial charge on any atom is 0.255 e. The Kier molecular flexibility index (Phi) is 6.29. The van der Waals surface area contributed by atoms with Gasteiger partial charge in [-0.25, -0.2) is 0 Å². The first-order valence-electron chi connectivity index (χ1n) is 10.9. The summed E-state index contributed by atoms with van der Waals surface area (Å²) in [6.45, 7) is 3.93. The molecule has 2 atom stereocenters. The van der Waals surface area contributed by atoms with Crippen molar-refractivity contribution in [3.63, 3.8) is 0 Å². The Labute approximate surface area is 173 Å². The van der Waals surface area contributed by atoms with Crippen molar-refractivity contribution >= 4 is 23.6 Å². The van der Waals surface area contributed by atoms with Gasteiger partial charge >= 0.3 is 0 Å². The number of hydrogen-bond acceptors (Lipinski definition) is 3. The van der Waals surface area contributed by atoms with Crippen LogP contribution < -0.4 is 0 Å². The Hall–Kier alpha value is -1.49. The van der Waals surface area contributed by atoms with Gasteiger partial charge in [0.05, 0.1) is 5.37 Å². The summed E-state index contributed by atoms with van der Waals surface area (Å²) in [7, 11) is 0. The predicted octanol–water partition coefficient (Wildman–Crippen LogP) is 4.41. The molecule has 2 heterocycles. The van der Waals surface area contributed by atoms with E-state index in [4.69, 9.17) is 0 Å². The zero-order chi connectivity index (χ0) is 19.5. The second kappa shape index (κ2) is 8.89. The van der Waals surface area contributed by atoms with Crippen LogP contribution >= 0.6 is 11.8 Å². The highest BCUT2D eigenvalue weighted by Crippen LogP contribution is 2.41. The summed E-state index contributed by atoms with van der Waals surface area (Å²) in [4.78, 5) is 30.9. The lowest BCUT2D eigenvalue weighted by Crippen LogP contribution is -2.53. The van der Waals surface area contributed by atoms with Crippen LogP contribution in [0, 0.1) is 11.8 Å². The molecule has 1 aliphatic carbocycles. The van der Waals surface area contributed by atoms with Gasteiger partial charge in [-0.15, -0.1) is 11.8 Å². The fourth-order valence-electron chi connectivity index (χ4n) is 4.93. The lowest BCUT2D eigenvalue weighted by atomic mass is 9.88. The van der Waals surface area contributed by atoms with Gasteiger partial charge in [0.15, 0.2) is 0 Å². The largest absolute Gasteiger partial charge is 0.341 e. The van der Waals surface area contributed by atoms with E-state index in [0.717, 1.165) is 31.7 Å². The summed E-state index contributed by atoms with van der Waals surface area (Å²) in [5.41, 5.74) is 0.705. The lowest BCUT2D eigenvalue weighted by Gasteiger charge is -2.38. The number of thioether (sulfide) groups is 1. The van der Waals surface area contributed by atoms with Gasteiger partial charge in [0.2, 0.25) is 5.91 Å². The number of nitrogens with zero attached hydrogens (tertiary/aromatic N) is 2. The van der Waals surface area contributed by atoms with Gasteiger partial charge in [-0.2, -0.15) is 0 Å². The molecule has 3 fully saturated rings. The molecule has 3 aliphatic rings. The molecule has 0 aromatic heterocycles. The molecule has 4 nitrogen and oxygen atoms in total. The smallest absolute Gasteiger partial charge is 0.255 e. The third-order valence-electron chi connectivity index (χ3n) is 6.72. The van der Waals surface area contributed by atoms with Crippen molar-refractivity contribution in [2.24, 2.45) is 11.8 Å². The van der Waals surface area contributed by atoms with E-state index in [-0.39, 0.29) is 23.2 Å². The van der Waals surface area contributed by atoms with Crippen molar-refractivity contribution in [3.8, 4) is 0 Å². The van der Waals surface area contributed by atoms with Crippen LogP contribution in [0.5, 0.6) is 0 Å². The number of piperidine rings is 1. The number of carbonyl (C=O) groups excluding carboxylic acids is 2. The number of amides is 2. The molecule has 152 valence electrons. The van der Waals surface area contributed by atoms with Gasteiger partial charge in [-0.1, -0.05) is 44.4 Å². The molecule has 2 aliphatic heterocycles. The molecule has 2 amide bonds. The average Bonchev–Trinajstić information content (AvgIpc) is 3.19. The summed E-state index contributed by atoms with van der Waals surface area (Å²) >= 11 is 1.84. The Balaban J connectivity index is 1.57. The molecule has 2 saturated heterocycles. The van der Waals surface area contributed by atoms with Crippen molar-refractivity contribution in [2.45, 2.75) is 63.3 Å². The van der Waals surface area contributed by atoms with Crippen molar-refractivity contribution in [3.05, 3.63) is 35.9 Å². The maximum absolute atomic E-state index is 13.5. The fraction of sp³-hybridized carbons (Fsp3) is 0.652. The minimum absolute atomic E-state index is 0.0323. The molecule has 4 rings (SSSR count). The first-order valence-corrected chi connectivity index (χ1v) is 12.0. The van der Waals surface area contributed by atoms with Gasteiger partial charge in [0.25, 0.3) is 5.91 Å². The van der Waals surface area contributed by atoms with E-state index in [1.165, 1.54) is 32.1 Å². The number of likely N-dealkylation sites (tertiary alicyclic amines) is 1. The van der Waals surface area contributed by atoms with E-state index in [1.54, 1.807) is 0 Å². The van der Waals surface area contributed by atoms with Gasteiger partial charge in [0, 0.05) is 24.4 Å². The van der Waals surface area contributed by atoms with Crippen LogP contribution in [-0.4, -0.2) is 51.9 Å². The van der Waals surface area contributed by atoms with E-state index in [1.807, 2.05) is 51.9 Å². The Morgan fingerprint density at radius 1 is 0.964 bits per heavy atom. The van der Waals surface area contributed by atoms with Crippen LogP contribution in [0.15, 0.2) is 30.3 Å². The van der Waals surface area contributed by atoms with E-state index in [9.17, 15) is 9.59 Å². The second-order valence-electron chi connectivity index (χ2n) is 8.72. The van der Waals surface area contributed by atoms with E-state index < -0.39 is 0 Å². The first-order chi connectivity index (χ1) is 13.6. The zero-order valence-electron chi connectivity index (χ0n) is 16.9. The molecular weight excluding hydrogens is 368 g/mol. The highest BCUT2D eigenvalue weighted by molar-refractivity contribution is 8.00. The van der Waals surface area contributed by atoms with Crippen molar-refractivity contribution in [1.29, 1.82) is 0 Å². The number of carbonyl (C=O) groups is 2. The summed E-state index contributed by atoms with van der Waals surface area (Å²) in [5.74, 6) is 2.15. The average molecular weight is 401 g/mol. The molecule has 0 spiro atoms. The molecule has 1 aromatic carbocycles. The standard InChI is InChI=1S/C23H32N2O2S/c1-17-12-14-24(15-13-17)22(27)20-16-28-23(19-10-6-3-7-11-19)25(20)21(26)18-8-4-2-5-9-18/h2,4-5,8-9,17,19-20,23H,3,6-7,10-16H2,1H3. The van der Waals surface area contributed by atoms with Crippen LogP contribution in [0.2, 0.25) is 0 Å². The minimum Gasteiger partial charge on any atom is -0.341 e. The van der Waals surface area contributed by atoms with Crippen LogP contribution in [0.25, 0.3) is 0 Å². The maximum atomic E-state index is 13.5.